The molecule has 0 unspecified atom stereocenters. The number of unbranched alkanes of at least 4 members (excludes halogenated alkanes) is 8. The molecule has 0 atom stereocenters. The molecule has 0 radical (unpaired) electrons. The van der Waals surface area contributed by atoms with Gasteiger partial charge in [-0.2, -0.15) is 0 Å². The molecule has 0 heterocycles. The van der Waals surface area contributed by atoms with Crippen molar-refractivity contribution < 1.29 is 4.65 Å². The molecule has 0 amide bonds. The second-order valence-corrected chi connectivity index (χ2v) is 6.66. The fraction of sp³-hybridized carbons (Fsp3) is 1.00. The third-order valence-corrected chi connectivity index (χ3v) is 3.48. The van der Waals surface area contributed by atoms with Crippen LogP contribution in [-0.2, 0) is 0 Å². The standard InChI is InChI=1S/C16H35NO/c1-16(2)14-12-10-8-6-5-7-9-11-13-15-17(3,4)18/h16H,5-15H2,1-4H3. The van der Waals surface area contributed by atoms with E-state index in [1.165, 1.54) is 57.8 Å². The molecule has 0 fully saturated rings. The number of nitrogens with zero attached hydrogens (tertiary/aromatic N) is 1. The first-order chi connectivity index (χ1) is 8.42. The van der Waals surface area contributed by atoms with Crippen molar-refractivity contribution in [3.63, 3.8) is 0 Å². The van der Waals surface area contributed by atoms with E-state index in [1.54, 1.807) is 14.1 Å². The Morgan fingerprint density at radius 3 is 1.50 bits per heavy atom. The molecular weight excluding hydrogens is 222 g/mol. The highest BCUT2D eigenvalue weighted by atomic mass is 16.5. The predicted octanol–water partition coefficient (Wildman–Crippen LogP) is 5.12. The summed E-state index contributed by atoms with van der Waals surface area (Å²) in [5.41, 5.74) is 0. The summed E-state index contributed by atoms with van der Waals surface area (Å²) in [5, 5.41) is 11.3. The second-order valence-electron chi connectivity index (χ2n) is 6.66. The second kappa shape index (κ2) is 10.8. The van der Waals surface area contributed by atoms with Crippen molar-refractivity contribution in [3.05, 3.63) is 5.21 Å². The molecule has 0 N–H and O–H groups in total. The van der Waals surface area contributed by atoms with E-state index >= 15 is 0 Å². The first kappa shape index (κ1) is 17.9. The van der Waals surface area contributed by atoms with E-state index in [-0.39, 0.29) is 4.65 Å². The molecule has 0 aliphatic rings. The van der Waals surface area contributed by atoms with Gasteiger partial charge in [0.25, 0.3) is 0 Å². The lowest BCUT2D eigenvalue weighted by Crippen LogP contribution is -2.32. The van der Waals surface area contributed by atoms with Crippen LogP contribution in [0.2, 0.25) is 0 Å². The van der Waals surface area contributed by atoms with Crippen LogP contribution in [0, 0.1) is 11.1 Å². The van der Waals surface area contributed by atoms with Gasteiger partial charge in [0.15, 0.2) is 0 Å². The van der Waals surface area contributed by atoms with Crippen LogP contribution in [-0.4, -0.2) is 25.3 Å². The van der Waals surface area contributed by atoms with E-state index in [0.717, 1.165) is 18.9 Å². The number of hydrogen-bond donors (Lipinski definition) is 0. The van der Waals surface area contributed by atoms with Crippen LogP contribution < -0.4 is 0 Å². The van der Waals surface area contributed by atoms with Crippen molar-refractivity contribution in [3.8, 4) is 0 Å². The number of quaternary nitrogens is 1. The molecule has 0 saturated carbocycles. The van der Waals surface area contributed by atoms with Crippen LogP contribution in [0.25, 0.3) is 0 Å². The molecule has 0 rings (SSSR count). The molecular formula is C16H35NO. The van der Waals surface area contributed by atoms with Crippen LogP contribution in [0.15, 0.2) is 0 Å². The number of rotatable bonds is 12. The zero-order valence-corrected chi connectivity index (χ0v) is 13.2. The topological polar surface area (TPSA) is 23.1 Å². The third kappa shape index (κ3) is 15.9. The first-order valence-electron chi connectivity index (χ1n) is 7.96. The first-order valence-corrected chi connectivity index (χ1v) is 7.96. The maximum atomic E-state index is 11.3. The monoisotopic (exact) mass is 257 g/mol. The van der Waals surface area contributed by atoms with Gasteiger partial charge in [-0.3, -0.25) is 0 Å². The molecule has 0 aromatic heterocycles. The molecule has 0 spiro atoms. The van der Waals surface area contributed by atoms with Gasteiger partial charge in [0.2, 0.25) is 0 Å². The van der Waals surface area contributed by atoms with E-state index in [2.05, 4.69) is 13.8 Å². The van der Waals surface area contributed by atoms with Gasteiger partial charge in [-0.25, -0.2) is 0 Å². The van der Waals surface area contributed by atoms with Crippen molar-refractivity contribution >= 4 is 0 Å². The molecule has 0 aliphatic carbocycles. The summed E-state index contributed by atoms with van der Waals surface area (Å²) in [5.74, 6) is 0.869. The lowest BCUT2D eigenvalue weighted by Gasteiger charge is -2.33. The summed E-state index contributed by atoms with van der Waals surface area (Å²) in [6.45, 7) is 5.39. The minimum absolute atomic E-state index is 0.129. The average molecular weight is 257 g/mol. The lowest BCUT2D eigenvalue weighted by atomic mass is 10.0. The van der Waals surface area contributed by atoms with Gasteiger partial charge in [-0.1, -0.05) is 65.2 Å². The van der Waals surface area contributed by atoms with Crippen LogP contribution in [0.4, 0.5) is 0 Å². The van der Waals surface area contributed by atoms with Crippen LogP contribution >= 0.6 is 0 Å². The van der Waals surface area contributed by atoms with Crippen molar-refractivity contribution in [2.45, 2.75) is 78.1 Å². The third-order valence-electron chi connectivity index (χ3n) is 3.48. The van der Waals surface area contributed by atoms with Crippen LogP contribution in [0.1, 0.15) is 78.1 Å². The highest BCUT2D eigenvalue weighted by Crippen LogP contribution is 2.13. The van der Waals surface area contributed by atoms with Crippen LogP contribution in [0.5, 0.6) is 0 Å². The smallest absolute Gasteiger partial charge is 0.0779 e. The minimum atomic E-state index is -0.129. The normalized spacial score (nSPS) is 12.3. The Labute approximate surface area is 115 Å². The van der Waals surface area contributed by atoms with Gasteiger partial charge in [-0.05, 0) is 18.8 Å². The van der Waals surface area contributed by atoms with Gasteiger partial charge in [0.1, 0.15) is 0 Å². The predicted molar refractivity (Wildman–Crippen MR) is 81.4 cm³/mol. The van der Waals surface area contributed by atoms with Crippen molar-refractivity contribution in [1.29, 1.82) is 0 Å². The maximum Gasteiger partial charge on any atom is 0.0779 e. The van der Waals surface area contributed by atoms with E-state index < -0.39 is 0 Å². The molecule has 0 aliphatic heterocycles. The minimum Gasteiger partial charge on any atom is -0.633 e. The molecule has 18 heavy (non-hydrogen) atoms. The Hall–Kier alpha value is -0.0800. The highest BCUT2D eigenvalue weighted by molar-refractivity contribution is 4.50. The Morgan fingerprint density at radius 2 is 1.11 bits per heavy atom. The van der Waals surface area contributed by atoms with E-state index in [1.807, 2.05) is 0 Å². The quantitative estimate of drug-likeness (QED) is 0.270. The fourth-order valence-corrected chi connectivity index (χ4v) is 2.28. The molecule has 0 saturated heterocycles. The molecule has 0 aromatic carbocycles. The fourth-order valence-electron chi connectivity index (χ4n) is 2.28. The van der Waals surface area contributed by atoms with Gasteiger partial charge in [-0.15, -0.1) is 0 Å². The highest BCUT2D eigenvalue weighted by Gasteiger charge is 2.00. The number of hydrogen-bond acceptors (Lipinski definition) is 1. The Morgan fingerprint density at radius 1 is 0.722 bits per heavy atom. The Bertz CT molecular complexity index is 172. The van der Waals surface area contributed by atoms with Crippen molar-refractivity contribution in [2.75, 3.05) is 20.6 Å². The molecule has 2 heteroatoms. The van der Waals surface area contributed by atoms with Gasteiger partial charge >= 0.3 is 0 Å². The molecule has 0 aromatic rings. The maximum absolute atomic E-state index is 11.3. The average Bonchev–Trinajstić information content (AvgIpc) is 2.24. The summed E-state index contributed by atoms with van der Waals surface area (Å²) >= 11 is 0. The summed E-state index contributed by atoms with van der Waals surface area (Å²) in [6, 6.07) is 0. The summed E-state index contributed by atoms with van der Waals surface area (Å²) in [6.07, 6.45) is 13.4. The summed E-state index contributed by atoms with van der Waals surface area (Å²) in [4.78, 5) is 0. The van der Waals surface area contributed by atoms with E-state index in [9.17, 15) is 5.21 Å². The Kier molecular flexibility index (Phi) is 10.8. The molecule has 0 bridgehead atoms. The van der Waals surface area contributed by atoms with Gasteiger partial charge in [0.05, 0.1) is 20.6 Å². The molecule has 2 nitrogen and oxygen atoms in total. The van der Waals surface area contributed by atoms with Gasteiger partial charge in [0, 0.05) is 0 Å². The summed E-state index contributed by atoms with van der Waals surface area (Å²) < 4.78 is -0.129. The van der Waals surface area contributed by atoms with Crippen LogP contribution in [0.3, 0.4) is 0 Å². The largest absolute Gasteiger partial charge is 0.633 e. The van der Waals surface area contributed by atoms with E-state index in [4.69, 9.17) is 0 Å². The lowest BCUT2D eigenvalue weighted by molar-refractivity contribution is -0.840. The van der Waals surface area contributed by atoms with E-state index in [0.29, 0.717) is 0 Å². The molecule has 110 valence electrons. The number of hydroxylamine groups is 3. The van der Waals surface area contributed by atoms with Crippen molar-refractivity contribution in [1.82, 2.24) is 0 Å². The SMILES string of the molecule is CC(C)CCCCCCCCCCC[N+](C)(C)[O-]. The zero-order chi connectivity index (χ0) is 13.9. The van der Waals surface area contributed by atoms with Crippen molar-refractivity contribution in [2.24, 2.45) is 5.92 Å². The summed E-state index contributed by atoms with van der Waals surface area (Å²) in [7, 11) is 3.47. The zero-order valence-electron chi connectivity index (χ0n) is 13.2. The van der Waals surface area contributed by atoms with Gasteiger partial charge < -0.3 is 9.85 Å². The Balaban J connectivity index is 3.04.